The maximum atomic E-state index is 11.6. The number of rotatable bonds is 4. The topological polar surface area (TPSA) is 79.3 Å². The van der Waals surface area contributed by atoms with E-state index >= 15 is 0 Å². The minimum absolute atomic E-state index is 0. The third kappa shape index (κ3) is 4.74. The maximum Gasteiger partial charge on any atom is 1.00 e. The van der Waals surface area contributed by atoms with Crippen LogP contribution in [0.1, 0.15) is 18.2 Å². The largest absolute Gasteiger partial charge is 1.00 e. The van der Waals surface area contributed by atoms with Crippen LogP contribution >= 0.6 is 0 Å². The zero-order valence-corrected chi connectivity index (χ0v) is 10.6. The van der Waals surface area contributed by atoms with E-state index in [9.17, 15) is 14.7 Å². The van der Waals surface area contributed by atoms with Crippen LogP contribution in [-0.4, -0.2) is 23.3 Å². The van der Waals surface area contributed by atoms with Gasteiger partial charge >= 0.3 is 24.8 Å². The summed E-state index contributed by atoms with van der Waals surface area (Å²) in [6.07, 6.45) is 2.07. The number of nitrogens with zero attached hydrogens (tertiary/aromatic N) is 1. The second kappa shape index (κ2) is 7.70. The quantitative estimate of drug-likeness (QED) is 0.187. The fraction of sp³-hybridized carbons (Fsp3) is 0.250. The van der Waals surface area contributed by atoms with E-state index in [0.29, 0.717) is 6.08 Å². The van der Waals surface area contributed by atoms with Gasteiger partial charge in [0.05, 0.1) is 6.61 Å². The molecule has 1 heterocycles. The normalized spacial score (nSPS) is 10.4. The number of aryl methyl sites for hydroxylation is 1. The first-order valence-electron chi connectivity index (χ1n) is 5.07. The first-order valence-corrected chi connectivity index (χ1v) is 5.07. The Hall–Kier alpha value is -1.57. The number of pyridine rings is 1. The Morgan fingerprint density at radius 2 is 2.11 bits per heavy atom. The van der Waals surface area contributed by atoms with Crippen molar-refractivity contribution in [3.63, 3.8) is 0 Å². The van der Waals surface area contributed by atoms with Gasteiger partial charge in [-0.3, -0.25) is 9.78 Å². The molecule has 0 spiro atoms. The van der Waals surface area contributed by atoms with Crippen molar-refractivity contribution >= 4 is 17.5 Å². The molecule has 0 unspecified atom stereocenters. The smallest absolute Gasteiger partial charge is 0.872 e. The average Bonchev–Trinajstić information content (AvgIpc) is 2.30. The summed E-state index contributed by atoms with van der Waals surface area (Å²) in [6.45, 7) is 3.46. The maximum absolute atomic E-state index is 11.6. The first kappa shape index (κ1) is 16.4. The molecule has 0 atom stereocenters. The van der Waals surface area contributed by atoms with Crippen LogP contribution < -0.4 is 24.0 Å². The number of hydrogen-bond acceptors (Lipinski definition) is 5. The van der Waals surface area contributed by atoms with Gasteiger partial charge in [0.25, 0.3) is 5.78 Å². The van der Waals surface area contributed by atoms with E-state index in [0.717, 1.165) is 5.69 Å². The van der Waals surface area contributed by atoms with Gasteiger partial charge in [-0.25, -0.2) is 4.79 Å². The van der Waals surface area contributed by atoms with Gasteiger partial charge in [0, 0.05) is 11.9 Å². The van der Waals surface area contributed by atoms with E-state index in [4.69, 9.17) is 0 Å². The molecule has 0 aliphatic heterocycles. The van der Waals surface area contributed by atoms with E-state index in [1.807, 2.05) is 0 Å². The Bertz CT molecular complexity index is 454. The Balaban J connectivity index is 0.00000289. The van der Waals surface area contributed by atoms with Crippen LogP contribution in [0, 0.1) is 6.92 Å². The summed E-state index contributed by atoms with van der Waals surface area (Å²) < 4.78 is 4.47. The van der Waals surface area contributed by atoms with Crippen molar-refractivity contribution in [3.8, 4) is 0 Å². The molecule has 0 N–H and O–H groups in total. The molecule has 0 aliphatic rings. The van der Waals surface area contributed by atoms with Crippen molar-refractivity contribution in [1.82, 2.24) is 4.98 Å². The third-order valence-electron chi connectivity index (χ3n) is 1.93. The molecule has 5 nitrogen and oxygen atoms in total. The van der Waals surface area contributed by atoms with E-state index in [1.54, 1.807) is 26.0 Å². The second-order valence-corrected chi connectivity index (χ2v) is 3.28. The van der Waals surface area contributed by atoms with Gasteiger partial charge < -0.3 is 9.84 Å². The Labute approximate surface area is 117 Å². The number of carbonyl (C=O) groups is 2. The zero-order valence-electron chi connectivity index (χ0n) is 10.6. The molecule has 0 bridgehead atoms. The van der Waals surface area contributed by atoms with Crippen LogP contribution in [0.5, 0.6) is 0 Å². The summed E-state index contributed by atoms with van der Waals surface area (Å²) in [5.74, 6) is -2.55. The van der Waals surface area contributed by atoms with Crippen molar-refractivity contribution in [1.29, 1.82) is 0 Å². The Kier molecular flexibility index (Phi) is 7.02. The number of ketones is 1. The van der Waals surface area contributed by atoms with Crippen LogP contribution in [0.15, 0.2) is 24.4 Å². The summed E-state index contributed by atoms with van der Waals surface area (Å²) in [4.78, 5) is 26.1. The van der Waals surface area contributed by atoms with Gasteiger partial charge in [-0.2, -0.15) is 0 Å². The fourth-order valence-electron chi connectivity index (χ4n) is 1.08. The number of hydrogen-bond donors (Lipinski definition) is 0. The Morgan fingerprint density at radius 3 is 2.61 bits per heavy atom. The van der Waals surface area contributed by atoms with E-state index in [1.165, 1.54) is 6.20 Å². The van der Waals surface area contributed by atoms with Crippen LogP contribution in [0.4, 0.5) is 0 Å². The molecule has 1 aromatic rings. The fourth-order valence-corrected chi connectivity index (χ4v) is 1.08. The SMILES string of the molecule is CCOC(=O)C(=O)C=C([O-])c1ccc(C)nc1.[Li+]. The molecule has 90 valence electrons. The van der Waals surface area contributed by atoms with Crippen LogP contribution in [0.2, 0.25) is 0 Å². The molecule has 0 saturated heterocycles. The minimum atomic E-state index is -1.03. The van der Waals surface area contributed by atoms with Crippen LogP contribution in [-0.2, 0) is 14.3 Å². The molecule has 1 aromatic heterocycles. The average molecular weight is 241 g/mol. The summed E-state index contributed by atoms with van der Waals surface area (Å²) in [7, 11) is 0. The van der Waals surface area contributed by atoms with Gasteiger partial charge in [0.2, 0.25) is 0 Å². The molecule has 0 amide bonds. The van der Waals surface area contributed by atoms with E-state index < -0.39 is 17.5 Å². The molecular formula is C12H12LiNO4. The van der Waals surface area contributed by atoms with Gasteiger partial charge in [-0.1, -0.05) is 11.8 Å². The van der Waals surface area contributed by atoms with Gasteiger partial charge in [-0.05, 0) is 31.6 Å². The monoisotopic (exact) mass is 241 g/mol. The van der Waals surface area contributed by atoms with Crippen molar-refractivity contribution in [2.45, 2.75) is 13.8 Å². The van der Waals surface area contributed by atoms with Crippen LogP contribution in [0.25, 0.3) is 5.76 Å². The molecule has 0 aliphatic carbocycles. The number of ether oxygens (including phenoxy) is 1. The Morgan fingerprint density at radius 1 is 1.44 bits per heavy atom. The summed E-state index contributed by atoms with van der Waals surface area (Å²) >= 11 is 0. The molecule has 6 heteroatoms. The standard InChI is InChI=1S/C12H13NO4.Li/c1-3-17-12(16)11(15)6-10(14)9-5-4-8(2)13-7-9;/h4-7,14H,3H2,1-2H3;/q;+1/p-1. The number of aromatic nitrogens is 1. The molecule has 18 heavy (non-hydrogen) atoms. The van der Waals surface area contributed by atoms with Crippen molar-refractivity contribution in [2.24, 2.45) is 0 Å². The molecular weight excluding hydrogens is 229 g/mol. The van der Waals surface area contributed by atoms with E-state index in [2.05, 4.69) is 9.72 Å². The summed E-state index contributed by atoms with van der Waals surface area (Å²) in [6, 6.07) is 3.19. The molecule has 0 saturated carbocycles. The van der Waals surface area contributed by atoms with Gasteiger partial charge in [0.1, 0.15) is 0 Å². The van der Waals surface area contributed by atoms with Gasteiger partial charge in [-0.15, -0.1) is 0 Å². The number of carbonyl (C=O) groups excluding carboxylic acids is 2. The summed E-state index contributed by atoms with van der Waals surface area (Å²) in [5.41, 5.74) is 1.02. The molecule has 0 fully saturated rings. The third-order valence-corrected chi connectivity index (χ3v) is 1.93. The minimum Gasteiger partial charge on any atom is -0.872 e. The van der Waals surface area contributed by atoms with Crippen molar-refractivity contribution < 1.29 is 38.3 Å². The molecule has 1 rings (SSSR count). The van der Waals surface area contributed by atoms with Crippen molar-refractivity contribution in [3.05, 3.63) is 35.7 Å². The van der Waals surface area contributed by atoms with Crippen LogP contribution in [0.3, 0.4) is 0 Å². The van der Waals surface area contributed by atoms with Crippen molar-refractivity contribution in [2.75, 3.05) is 6.61 Å². The molecule has 0 aromatic carbocycles. The second-order valence-electron chi connectivity index (χ2n) is 3.28. The predicted molar refractivity (Wildman–Crippen MR) is 58.6 cm³/mol. The first-order chi connectivity index (χ1) is 8.04. The van der Waals surface area contributed by atoms with E-state index in [-0.39, 0.29) is 31.0 Å². The molecule has 0 radical (unpaired) electrons. The van der Waals surface area contributed by atoms with Gasteiger partial charge in [0.15, 0.2) is 0 Å². The summed E-state index contributed by atoms with van der Waals surface area (Å²) in [5, 5.41) is 11.6. The predicted octanol–water partition coefficient (Wildman–Crippen LogP) is -2.77. The number of esters is 1. The zero-order chi connectivity index (χ0) is 12.8.